The average molecular weight is 387 g/mol. The van der Waals surface area contributed by atoms with Gasteiger partial charge < -0.3 is 14.9 Å². The van der Waals surface area contributed by atoms with Gasteiger partial charge in [-0.3, -0.25) is 9.78 Å². The van der Waals surface area contributed by atoms with Crippen molar-refractivity contribution in [1.82, 2.24) is 15.5 Å². The number of hydrogen-bond acceptors (Lipinski definition) is 5. The molecule has 0 fully saturated rings. The van der Waals surface area contributed by atoms with Gasteiger partial charge in [-0.2, -0.15) is 13.2 Å². The predicted octanol–water partition coefficient (Wildman–Crippen LogP) is 3.07. The Balaban J connectivity index is 0.000000445. The number of aryl methyl sites for hydroxylation is 3. The summed E-state index contributed by atoms with van der Waals surface area (Å²) in [5.41, 5.74) is 2.27. The van der Waals surface area contributed by atoms with Gasteiger partial charge >= 0.3 is 12.1 Å². The van der Waals surface area contributed by atoms with E-state index in [2.05, 4.69) is 15.5 Å². The topological polar surface area (TPSA) is 105 Å². The first-order valence-electron chi connectivity index (χ1n) is 8.04. The third-order valence-electron chi connectivity index (χ3n) is 3.37. The Bertz CT molecular complexity index is 726. The van der Waals surface area contributed by atoms with E-state index in [0.717, 1.165) is 25.0 Å². The molecule has 27 heavy (non-hydrogen) atoms. The number of pyridine rings is 1. The lowest BCUT2D eigenvalue weighted by molar-refractivity contribution is -0.192. The minimum absolute atomic E-state index is 0.112. The minimum atomic E-state index is -5.08. The molecular formula is C17H20F3N3O4. The number of nitrogens with zero attached hydrogens (tertiary/aromatic N) is 2. The molecule has 0 aliphatic heterocycles. The van der Waals surface area contributed by atoms with E-state index < -0.39 is 12.1 Å². The molecule has 7 nitrogen and oxygen atoms in total. The summed E-state index contributed by atoms with van der Waals surface area (Å²) in [7, 11) is 0. The van der Waals surface area contributed by atoms with Crippen molar-refractivity contribution in [3.05, 3.63) is 47.1 Å². The number of hydrogen-bond donors (Lipinski definition) is 2. The molecule has 2 heterocycles. The summed E-state index contributed by atoms with van der Waals surface area (Å²) in [5.74, 6) is -2.31. The third kappa shape index (κ3) is 7.89. The van der Waals surface area contributed by atoms with Crippen LogP contribution in [-0.4, -0.2) is 39.8 Å². The predicted molar refractivity (Wildman–Crippen MR) is 89.2 cm³/mol. The number of aliphatic carboxylic acids is 1. The van der Waals surface area contributed by atoms with Crippen molar-refractivity contribution >= 4 is 11.9 Å². The highest BCUT2D eigenvalue weighted by Crippen LogP contribution is 2.13. The Hall–Kier alpha value is -2.91. The lowest BCUT2D eigenvalue weighted by atomic mass is 10.1. The van der Waals surface area contributed by atoms with Crippen molar-refractivity contribution in [1.29, 1.82) is 0 Å². The highest BCUT2D eigenvalue weighted by atomic mass is 19.4. The largest absolute Gasteiger partial charge is 0.490 e. The number of nitrogens with one attached hydrogen (secondary N) is 1. The van der Waals surface area contributed by atoms with E-state index >= 15 is 0 Å². The van der Waals surface area contributed by atoms with Crippen molar-refractivity contribution in [2.75, 3.05) is 6.54 Å². The Morgan fingerprint density at radius 2 is 1.89 bits per heavy atom. The van der Waals surface area contributed by atoms with Crippen LogP contribution in [0.3, 0.4) is 0 Å². The van der Waals surface area contributed by atoms with Gasteiger partial charge in [0.2, 0.25) is 0 Å². The quantitative estimate of drug-likeness (QED) is 0.738. The van der Waals surface area contributed by atoms with Gasteiger partial charge in [0.15, 0.2) is 0 Å². The van der Waals surface area contributed by atoms with Gasteiger partial charge in [-0.1, -0.05) is 11.2 Å². The number of carboxylic acid groups (broad SMARTS) is 1. The Morgan fingerprint density at radius 3 is 2.37 bits per heavy atom. The Morgan fingerprint density at radius 1 is 1.22 bits per heavy atom. The number of carboxylic acids is 1. The molecule has 0 saturated heterocycles. The second-order valence-electron chi connectivity index (χ2n) is 5.54. The van der Waals surface area contributed by atoms with Crippen LogP contribution in [0.2, 0.25) is 0 Å². The molecule has 0 bridgehead atoms. The van der Waals surface area contributed by atoms with Crippen LogP contribution >= 0.6 is 0 Å². The molecule has 0 radical (unpaired) electrons. The van der Waals surface area contributed by atoms with Gasteiger partial charge in [-0.05, 0) is 45.2 Å². The molecule has 2 N–H and O–H groups in total. The second kappa shape index (κ2) is 10.3. The number of halogens is 3. The van der Waals surface area contributed by atoms with Crippen molar-refractivity contribution in [3.8, 4) is 0 Å². The van der Waals surface area contributed by atoms with Crippen molar-refractivity contribution in [2.24, 2.45) is 0 Å². The molecule has 0 aliphatic carbocycles. The molecule has 0 unspecified atom stereocenters. The maximum Gasteiger partial charge on any atom is 0.490 e. The standard InChI is InChI=1S/C15H19N3O2.C2HF3O2/c1-11-14(12(2)20-18-11)15(19)17-10-6-4-8-13-7-3-5-9-16-13;3-2(4,5)1(6)7/h3,5,7,9H,4,6,8,10H2,1-2H3,(H,17,19);(H,6,7). The summed E-state index contributed by atoms with van der Waals surface area (Å²) in [6, 6.07) is 5.91. The molecule has 2 rings (SSSR count). The molecule has 148 valence electrons. The molecule has 1 amide bonds. The van der Waals surface area contributed by atoms with Gasteiger partial charge in [-0.15, -0.1) is 0 Å². The number of rotatable bonds is 6. The number of amides is 1. The van der Waals surface area contributed by atoms with E-state index in [9.17, 15) is 18.0 Å². The Kier molecular flexibility index (Phi) is 8.43. The monoisotopic (exact) mass is 387 g/mol. The number of alkyl halides is 3. The van der Waals surface area contributed by atoms with Gasteiger partial charge in [-0.25, -0.2) is 4.79 Å². The summed E-state index contributed by atoms with van der Waals surface area (Å²) in [5, 5.41) is 13.8. The summed E-state index contributed by atoms with van der Waals surface area (Å²) in [6.45, 7) is 4.16. The summed E-state index contributed by atoms with van der Waals surface area (Å²) >= 11 is 0. The van der Waals surface area contributed by atoms with Crippen LogP contribution in [0.15, 0.2) is 28.9 Å². The van der Waals surface area contributed by atoms with Crippen molar-refractivity contribution in [2.45, 2.75) is 39.3 Å². The maximum absolute atomic E-state index is 12.0. The highest BCUT2D eigenvalue weighted by molar-refractivity contribution is 5.96. The van der Waals surface area contributed by atoms with E-state index in [1.165, 1.54) is 0 Å². The molecule has 0 spiro atoms. The summed E-state index contributed by atoms with van der Waals surface area (Å²) in [6.07, 6.45) is -0.429. The zero-order valence-electron chi connectivity index (χ0n) is 14.8. The Labute approximate surface area is 153 Å². The van der Waals surface area contributed by atoms with E-state index in [4.69, 9.17) is 14.4 Å². The van der Waals surface area contributed by atoms with E-state index in [-0.39, 0.29) is 5.91 Å². The zero-order chi connectivity index (χ0) is 20.4. The molecular weight excluding hydrogens is 367 g/mol. The molecule has 2 aromatic heterocycles. The lowest BCUT2D eigenvalue weighted by Gasteiger charge is -2.04. The first-order valence-corrected chi connectivity index (χ1v) is 8.04. The van der Waals surface area contributed by atoms with Crippen LogP contribution < -0.4 is 5.32 Å². The summed E-state index contributed by atoms with van der Waals surface area (Å²) < 4.78 is 36.7. The molecule has 0 aliphatic rings. The maximum atomic E-state index is 12.0. The number of carbonyl (C=O) groups excluding carboxylic acids is 1. The second-order valence-corrected chi connectivity index (χ2v) is 5.54. The fourth-order valence-electron chi connectivity index (χ4n) is 2.07. The normalized spacial score (nSPS) is 10.7. The van der Waals surface area contributed by atoms with Gasteiger partial charge in [0.1, 0.15) is 11.3 Å². The van der Waals surface area contributed by atoms with Crippen molar-refractivity contribution in [3.63, 3.8) is 0 Å². The number of aromatic nitrogens is 2. The fraction of sp³-hybridized carbons (Fsp3) is 0.412. The van der Waals surface area contributed by atoms with E-state index in [1.807, 2.05) is 18.2 Å². The van der Waals surface area contributed by atoms with Crippen LogP contribution in [-0.2, 0) is 11.2 Å². The van der Waals surface area contributed by atoms with Crippen LogP contribution in [0.25, 0.3) is 0 Å². The molecule has 10 heteroatoms. The van der Waals surface area contributed by atoms with E-state index in [0.29, 0.717) is 23.6 Å². The zero-order valence-corrected chi connectivity index (χ0v) is 14.8. The number of carbonyl (C=O) groups is 2. The smallest absolute Gasteiger partial charge is 0.475 e. The SMILES string of the molecule is Cc1noc(C)c1C(=O)NCCCCc1ccccn1.O=C(O)C(F)(F)F. The van der Waals surface area contributed by atoms with Crippen molar-refractivity contribution < 1.29 is 32.4 Å². The van der Waals surface area contributed by atoms with Crippen LogP contribution in [0, 0.1) is 13.8 Å². The van der Waals surface area contributed by atoms with Crippen LogP contribution in [0.5, 0.6) is 0 Å². The van der Waals surface area contributed by atoms with Crippen LogP contribution in [0.4, 0.5) is 13.2 Å². The van der Waals surface area contributed by atoms with Gasteiger partial charge in [0, 0.05) is 18.4 Å². The first kappa shape index (κ1) is 22.1. The minimum Gasteiger partial charge on any atom is -0.475 e. The summed E-state index contributed by atoms with van der Waals surface area (Å²) in [4.78, 5) is 25.1. The molecule has 0 atom stereocenters. The van der Waals surface area contributed by atoms with Gasteiger partial charge in [0.05, 0.1) is 5.69 Å². The lowest BCUT2D eigenvalue weighted by Crippen LogP contribution is -2.25. The third-order valence-corrected chi connectivity index (χ3v) is 3.37. The van der Waals surface area contributed by atoms with Crippen LogP contribution in [0.1, 0.15) is 40.3 Å². The molecule has 0 aromatic carbocycles. The molecule has 2 aromatic rings. The van der Waals surface area contributed by atoms with E-state index in [1.54, 1.807) is 20.0 Å². The molecule has 0 saturated carbocycles. The fourth-order valence-corrected chi connectivity index (χ4v) is 2.07. The highest BCUT2D eigenvalue weighted by Gasteiger charge is 2.38. The number of unbranched alkanes of at least 4 members (excludes halogenated alkanes) is 1. The van der Waals surface area contributed by atoms with Gasteiger partial charge in [0.25, 0.3) is 5.91 Å². The first-order chi connectivity index (χ1) is 12.6. The average Bonchev–Trinajstić information content (AvgIpc) is 2.93.